The first-order valence-corrected chi connectivity index (χ1v) is 7.40. The van der Waals surface area contributed by atoms with E-state index in [1.807, 2.05) is 30.3 Å². The maximum atomic E-state index is 5.42. The molecular formula is C18H20N2O. The Morgan fingerprint density at radius 1 is 0.952 bits per heavy atom. The summed E-state index contributed by atoms with van der Waals surface area (Å²) < 4.78 is 5.42. The summed E-state index contributed by atoms with van der Waals surface area (Å²) in [4.78, 5) is 7.26. The van der Waals surface area contributed by atoms with Crippen molar-refractivity contribution in [3.63, 3.8) is 0 Å². The number of hydrogen-bond acceptors (Lipinski definition) is 2. The van der Waals surface area contributed by atoms with Crippen LogP contribution in [0.3, 0.4) is 0 Å². The molecule has 0 atom stereocenters. The summed E-state index contributed by atoms with van der Waals surface area (Å²) in [6.45, 7) is 2.14. The molecule has 1 heterocycles. The average Bonchev–Trinajstić information content (AvgIpc) is 3.08. The molecule has 3 rings (SSSR count). The van der Waals surface area contributed by atoms with E-state index in [0.717, 1.165) is 35.9 Å². The van der Waals surface area contributed by atoms with Crippen LogP contribution >= 0.6 is 0 Å². The Balaban J connectivity index is 2.04. The SMILES string of the molecule is COc1ccccc1N=C(c1ccccc1)N1CCCC1. The molecule has 0 spiro atoms. The zero-order chi connectivity index (χ0) is 14.5. The minimum absolute atomic E-state index is 0.810. The lowest BCUT2D eigenvalue weighted by atomic mass is 10.2. The summed E-state index contributed by atoms with van der Waals surface area (Å²) in [7, 11) is 1.69. The zero-order valence-electron chi connectivity index (χ0n) is 12.3. The summed E-state index contributed by atoms with van der Waals surface area (Å²) >= 11 is 0. The lowest BCUT2D eigenvalue weighted by molar-refractivity contribution is 0.416. The first-order valence-electron chi connectivity index (χ1n) is 7.40. The van der Waals surface area contributed by atoms with Crippen molar-refractivity contribution >= 4 is 11.5 Å². The number of nitrogens with zero attached hydrogens (tertiary/aromatic N) is 2. The standard InChI is InChI=1S/C18H20N2O/c1-21-17-12-6-5-11-16(17)19-18(20-13-7-8-14-20)15-9-3-2-4-10-15/h2-6,9-12H,7-8,13-14H2,1H3. The molecule has 1 aliphatic rings. The van der Waals surface area contributed by atoms with Gasteiger partial charge in [0.05, 0.1) is 7.11 Å². The number of para-hydroxylation sites is 2. The molecule has 0 saturated carbocycles. The number of amidine groups is 1. The summed E-state index contributed by atoms with van der Waals surface area (Å²) in [6, 6.07) is 18.3. The third-order valence-electron chi connectivity index (χ3n) is 3.75. The monoisotopic (exact) mass is 280 g/mol. The molecule has 108 valence electrons. The second-order valence-electron chi connectivity index (χ2n) is 5.17. The third kappa shape index (κ3) is 3.07. The van der Waals surface area contributed by atoms with Crippen molar-refractivity contribution in [2.24, 2.45) is 4.99 Å². The Hall–Kier alpha value is -2.29. The molecular weight excluding hydrogens is 260 g/mol. The molecule has 0 amide bonds. The van der Waals surface area contributed by atoms with Crippen LogP contribution in [0.5, 0.6) is 5.75 Å². The van der Waals surface area contributed by atoms with E-state index in [4.69, 9.17) is 9.73 Å². The number of hydrogen-bond donors (Lipinski definition) is 0. The van der Waals surface area contributed by atoms with E-state index in [9.17, 15) is 0 Å². The van der Waals surface area contributed by atoms with Crippen LogP contribution in [0.1, 0.15) is 18.4 Å². The minimum atomic E-state index is 0.810. The van der Waals surface area contributed by atoms with E-state index in [-0.39, 0.29) is 0 Å². The first kappa shape index (κ1) is 13.7. The van der Waals surface area contributed by atoms with Crippen LogP contribution < -0.4 is 4.74 Å². The fraction of sp³-hybridized carbons (Fsp3) is 0.278. The van der Waals surface area contributed by atoms with Crippen LogP contribution in [0.2, 0.25) is 0 Å². The molecule has 0 N–H and O–H groups in total. The number of rotatable bonds is 3. The highest BCUT2D eigenvalue weighted by atomic mass is 16.5. The predicted molar refractivity (Wildman–Crippen MR) is 86.4 cm³/mol. The highest BCUT2D eigenvalue weighted by molar-refractivity contribution is 6.00. The van der Waals surface area contributed by atoms with Crippen molar-refractivity contribution in [1.29, 1.82) is 0 Å². The van der Waals surface area contributed by atoms with Crippen molar-refractivity contribution in [3.8, 4) is 5.75 Å². The Morgan fingerprint density at radius 2 is 1.62 bits per heavy atom. The number of ether oxygens (including phenoxy) is 1. The Morgan fingerprint density at radius 3 is 2.33 bits per heavy atom. The van der Waals surface area contributed by atoms with E-state index < -0.39 is 0 Å². The Labute approximate surface area is 125 Å². The number of benzene rings is 2. The lowest BCUT2D eigenvalue weighted by Crippen LogP contribution is -2.28. The smallest absolute Gasteiger partial charge is 0.144 e. The summed E-state index contributed by atoms with van der Waals surface area (Å²) in [6.07, 6.45) is 2.47. The molecule has 1 saturated heterocycles. The van der Waals surface area contributed by atoms with Crippen LogP contribution in [-0.4, -0.2) is 30.9 Å². The van der Waals surface area contributed by atoms with Gasteiger partial charge in [-0.3, -0.25) is 0 Å². The summed E-state index contributed by atoms with van der Waals surface area (Å²) in [5, 5.41) is 0. The van der Waals surface area contributed by atoms with Crippen molar-refractivity contribution in [2.75, 3.05) is 20.2 Å². The molecule has 2 aromatic rings. The van der Waals surface area contributed by atoms with Gasteiger partial charge in [-0.1, -0.05) is 42.5 Å². The van der Waals surface area contributed by atoms with Gasteiger partial charge in [-0.05, 0) is 25.0 Å². The summed E-state index contributed by atoms with van der Waals surface area (Å²) in [5.41, 5.74) is 2.04. The molecule has 21 heavy (non-hydrogen) atoms. The van der Waals surface area contributed by atoms with Gasteiger partial charge in [0.15, 0.2) is 0 Å². The molecule has 0 bridgehead atoms. The van der Waals surface area contributed by atoms with Crippen LogP contribution in [0.4, 0.5) is 5.69 Å². The quantitative estimate of drug-likeness (QED) is 0.630. The van der Waals surface area contributed by atoms with Gasteiger partial charge in [-0.25, -0.2) is 4.99 Å². The largest absolute Gasteiger partial charge is 0.494 e. The second kappa shape index (κ2) is 6.44. The molecule has 0 unspecified atom stereocenters. The minimum Gasteiger partial charge on any atom is -0.494 e. The maximum Gasteiger partial charge on any atom is 0.144 e. The fourth-order valence-corrected chi connectivity index (χ4v) is 2.67. The van der Waals surface area contributed by atoms with Crippen LogP contribution in [0, 0.1) is 0 Å². The van der Waals surface area contributed by atoms with Gasteiger partial charge in [-0.2, -0.15) is 0 Å². The van der Waals surface area contributed by atoms with Crippen LogP contribution in [0.25, 0.3) is 0 Å². The van der Waals surface area contributed by atoms with Crippen molar-refractivity contribution in [2.45, 2.75) is 12.8 Å². The van der Waals surface area contributed by atoms with Gasteiger partial charge >= 0.3 is 0 Å². The molecule has 3 heteroatoms. The maximum absolute atomic E-state index is 5.42. The number of likely N-dealkylation sites (tertiary alicyclic amines) is 1. The average molecular weight is 280 g/mol. The third-order valence-corrected chi connectivity index (χ3v) is 3.75. The first-order chi connectivity index (χ1) is 10.4. The lowest BCUT2D eigenvalue weighted by Gasteiger charge is -2.20. The molecule has 0 radical (unpaired) electrons. The van der Waals surface area contributed by atoms with E-state index in [2.05, 4.69) is 29.2 Å². The molecule has 1 fully saturated rings. The predicted octanol–water partition coefficient (Wildman–Crippen LogP) is 3.87. The van der Waals surface area contributed by atoms with E-state index in [1.165, 1.54) is 12.8 Å². The van der Waals surface area contributed by atoms with Crippen molar-refractivity contribution in [1.82, 2.24) is 4.90 Å². The topological polar surface area (TPSA) is 24.8 Å². The van der Waals surface area contributed by atoms with Gasteiger partial charge in [-0.15, -0.1) is 0 Å². The number of aliphatic imine (C=N–C) groups is 1. The van der Waals surface area contributed by atoms with E-state index in [1.54, 1.807) is 7.11 Å². The van der Waals surface area contributed by atoms with E-state index >= 15 is 0 Å². The number of methoxy groups -OCH3 is 1. The second-order valence-corrected chi connectivity index (χ2v) is 5.17. The molecule has 2 aromatic carbocycles. The van der Waals surface area contributed by atoms with Gasteiger partial charge in [0.1, 0.15) is 17.3 Å². The fourth-order valence-electron chi connectivity index (χ4n) is 2.67. The Kier molecular flexibility index (Phi) is 4.20. The highest BCUT2D eigenvalue weighted by Crippen LogP contribution is 2.28. The van der Waals surface area contributed by atoms with E-state index in [0.29, 0.717) is 0 Å². The van der Waals surface area contributed by atoms with Gasteiger partial charge in [0.25, 0.3) is 0 Å². The van der Waals surface area contributed by atoms with Crippen molar-refractivity contribution < 1.29 is 4.74 Å². The molecule has 1 aliphatic heterocycles. The molecule has 3 nitrogen and oxygen atoms in total. The summed E-state index contributed by atoms with van der Waals surface area (Å²) in [5.74, 6) is 1.85. The van der Waals surface area contributed by atoms with Crippen molar-refractivity contribution in [3.05, 3.63) is 60.2 Å². The zero-order valence-corrected chi connectivity index (χ0v) is 12.3. The Bertz CT molecular complexity index is 616. The van der Waals surface area contributed by atoms with Gasteiger partial charge < -0.3 is 9.64 Å². The molecule has 0 aromatic heterocycles. The van der Waals surface area contributed by atoms with Crippen LogP contribution in [-0.2, 0) is 0 Å². The molecule has 0 aliphatic carbocycles. The highest BCUT2D eigenvalue weighted by Gasteiger charge is 2.18. The van der Waals surface area contributed by atoms with Crippen LogP contribution in [0.15, 0.2) is 59.6 Å². The van der Waals surface area contributed by atoms with Gasteiger partial charge in [0, 0.05) is 18.7 Å². The normalized spacial score (nSPS) is 15.3. The van der Waals surface area contributed by atoms with Gasteiger partial charge in [0.2, 0.25) is 0 Å².